The minimum Gasteiger partial charge on any atom is -0.462 e. The van der Waals surface area contributed by atoms with Gasteiger partial charge in [0.25, 0.3) is 0 Å². The maximum Gasteiger partial charge on any atom is 0.340 e. The van der Waals surface area contributed by atoms with Crippen molar-refractivity contribution in [2.45, 2.75) is 25.8 Å². The first-order chi connectivity index (χ1) is 7.11. The first-order valence-electron chi connectivity index (χ1n) is 4.54. The summed E-state index contributed by atoms with van der Waals surface area (Å²) in [7, 11) is 0. The summed E-state index contributed by atoms with van der Waals surface area (Å²) in [5, 5.41) is 11.2. The van der Waals surface area contributed by atoms with Crippen molar-refractivity contribution < 1.29 is 9.53 Å². The lowest BCUT2D eigenvalue weighted by atomic mass is 10.2. The Bertz CT molecular complexity index is 418. The SMILES string of the molecule is CCOC(=O)c1c(C)[nH]c(SC#N)c1C. The highest BCUT2D eigenvalue weighted by atomic mass is 32.2. The quantitative estimate of drug-likeness (QED) is 0.486. The van der Waals surface area contributed by atoms with Gasteiger partial charge in [0.15, 0.2) is 0 Å². The fraction of sp³-hybridized carbons (Fsp3) is 0.400. The molecule has 0 aliphatic rings. The zero-order chi connectivity index (χ0) is 11.4. The molecule has 0 saturated carbocycles. The minimum absolute atomic E-state index is 0.339. The van der Waals surface area contributed by atoms with Gasteiger partial charge in [-0.2, -0.15) is 5.26 Å². The lowest BCUT2D eigenvalue weighted by Gasteiger charge is -2.01. The van der Waals surface area contributed by atoms with Crippen molar-refractivity contribution in [3.05, 3.63) is 16.8 Å². The van der Waals surface area contributed by atoms with Crippen molar-refractivity contribution in [3.8, 4) is 5.40 Å². The maximum atomic E-state index is 11.6. The van der Waals surface area contributed by atoms with Crippen molar-refractivity contribution >= 4 is 17.7 Å². The third kappa shape index (κ3) is 2.34. The maximum absolute atomic E-state index is 11.6. The molecule has 4 nitrogen and oxygen atoms in total. The Kier molecular flexibility index (Phi) is 3.81. The molecule has 1 rings (SSSR count). The van der Waals surface area contributed by atoms with Crippen LogP contribution in [0.3, 0.4) is 0 Å². The summed E-state index contributed by atoms with van der Waals surface area (Å²) in [4.78, 5) is 14.6. The third-order valence-electron chi connectivity index (χ3n) is 2.02. The molecule has 0 aromatic carbocycles. The fourth-order valence-corrected chi connectivity index (χ4v) is 1.93. The van der Waals surface area contributed by atoms with Gasteiger partial charge in [-0.3, -0.25) is 0 Å². The second-order valence-electron chi connectivity index (χ2n) is 2.99. The molecule has 15 heavy (non-hydrogen) atoms. The zero-order valence-corrected chi connectivity index (χ0v) is 9.70. The van der Waals surface area contributed by atoms with Gasteiger partial charge in [0.1, 0.15) is 5.40 Å². The molecule has 1 aromatic rings. The zero-order valence-electron chi connectivity index (χ0n) is 8.88. The average Bonchev–Trinajstić information content (AvgIpc) is 2.43. The Morgan fingerprint density at radius 2 is 2.27 bits per heavy atom. The smallest absolute Gasteiger partial charge is 0.340 e. The van der Waals surface area contributed by atoms with Crippen molar-refractivity contribution in [1.82, 2.24) is 4.98 Å². The van der Waals surface area contributed by atoms with Crippen molar-refractivity contribution in [3.63, 3.8) is 0 Å². The van der Waals surface area contributed by atoms with Crippen LogP contribution in [0.5, 0.6) is 0 Å². The molecule has 0 aliphatic carbocycles. The van der Waals surface area contributed by atoms with Crippen LogP contribution in [0.25, 0.3) is 0 Å². The number of carbonyl (C=O) groups is 1. The second kappa shape index (κ2) is 4.89. The monoisotopic (exact) mass is 224 g/mol. The number of nitrogens with zero attached hydrogens (tertiary/aromatic N) is 1. The third-order valence-corrected chi connectivity index (χ3v) is 2.72. The number of aromatic nitrogens is 1. The van der Waals surface area contributed by atoms with Crippen LogP contribution < -0.4 is 0 Å². The summed E-state index contributed by atoms with van der Waals surface area (Å²) in [6.07, 6.45) is 0. The molecule has 1 N–H and O–H groups in total. The van der Waals surface area contributed by atoms with E-state index in [1.54, 1.807) is 20.8 Å². The number of H-pyrrole nitrogens is 1. The van der Waals surface area contributed by atoms with Gasteiger partial charge in [-0.05, 0) is 26.3 Å². The Balaban J connectivity index is 3.08. The summed E-state index contributed by atoms with van der Waals surface area (Å²) in [6.45, 7) is 5.71. The molecule has 0 bridgehead atoms. The molecule has 80 valence electrons. The van der Waals surface area contributed by atoms with E-state index in [4.69, 9.17) is 10.00 Å². The number of nitriles is 1. The van der Waals surface area contributed by atoms with Gasteiger partial charge in [-0.25, -0.2) is 4.79 Å². The lowest BCUT2D eigenvalue weighted by molar-refractivity contribution is 0.0525. The lowest BCUT2D eigenvalue weighted by Crippen LogP contribution is -2.06. The number of thioether (sulfide) groups is 1. The van der Waals surface area contributed by atoms with E-state index in [2.05, 4.69) is 4.98 Å². The summed E-state index contributed by atoms with van der Waals surface area (Å²) >= 11 is 1.01. The molecular weight excluding hydrogens is 212 g/mol. The predicted octanol–water partition coefficient (Wildman–Crippen LogP) is 2.38. The van der Waals surface area contributed by atoms with E-state index >= 15 is 0 Å². The standard InChI is InChI=1S/C10H12N2O2S/c1-4-14-10(13)8-6(2)9(15-5-11)12-7(8)3/h12H,4H2,1-3H3. The number of hydrogen-bond donors (Lipinski definition) is 1. The molecule has 1 heterocycles. The number of aromatic amines is 1. The van der Waals surface area contributed by atoms with E-state index in [0.717, 1.165) is 23.0 Å². The van der Waals surface area contributed by atoms with Crippen molar-refractivity contribution in [2.24, 2.45) is 0 Å². The molecule has 1 aromatic heterocycles. The van der Waals surface area contributed by atoms with E-state index in [-0.39, 0.29) is 5.97 Å². The van der Waals surface area contributed by atoms with Gasteiger partial charge in [0.2, 0.25) is 0 Å². The van der Waals surface area contributed by atoms with Crippen LogP contribution in [-0.2, 0) is 4.74 Å². The molecule has 0 saturated heterocycles. The predicted molar refractivity (Wildman–Crippen MR) is 57.7 cm³/mol. The number of esters is 1. The van der Waals surface area contributed by atoms with Crippen LogP contribution in [0.15, 0.2) is 5.03 Å². The minimum atomic E-state index is -0.339. The van der Waals surface area contributed by atoms with E-state index in [1.165, 1.54) is 0 Å². The number of thiocyanates is 1. The number of ether oxygens (including phenoxy) is 1. The molecule has 5 heteroatoms. The molecule has 0 aliphatic heterocycles. The highest BCUT2D eigenvalue weighted by Crippen LogP contribution is 2.26. The highest BCUT2D eigenvalue weighted by Gasteiger charge is 2.19. The molecule has 0 amide bonds. The number of nitrogens with one attached hydrogen (secondary N) is 1. The molecule has 0 radical (unpaired) electrons. The molecule has 0 atom stereocenters. The molecule has 0 unspecified atom stereocenters. The van der Waals surface area contributed by atoms with Gasteiger partial charge >= 0.3 is 5.97 Å². The average molecular weight is 224 g/mol. The fourth-order valence-electron chi connectivity index (χ4n) is 1.38. The first-order valence-corrected chi connectivity index (χ1v) is 5.35. The van der Waals surface area contributed by atoms with Crippen LogP contribution in [0.1, 0.15) is 28.5 Å². The highest BCUT2D eigenvalue weighted by molar-refractivity contribution is 8.03. The topological polar surface area (TPSA) is 65.9 Å². The van der Waals surface area contributed by atoms with Crippen LogP contribution in [-0.4, -0.2) is 17.6 Å². The van der Waals surface area contributed by atoms with Crippen LogP contribution in [0, 0.1) is 24.5 Å². The van der Waals surface area contributed by atoms with E-state index in [0.29, 0.717) is 17.2 Å². The molecule has 0 fully saturated rings. The van der Waals surface area contributed by atoms with Gasteiger partial charge in [-0.1, -0.05) is 0 Å². The summed E-state index contributed by atoms with van der Waals surface area (Å²) in [6, 6.07) is 0. The van der Waals surface area contributed by atoms with Crippen molar-refractivity contribution in [1.29, 1.82) is 5.26 Å². The first kappa shape index (κ1) is 11.7. The molecular formula is C10H12N2O2S. The van der Waals surface area contributed by atoms with Gasteiger partial charge in [-0.15, -0.1) is 0 Å². The number of carbonyl (C=O) groups excluding carboxylic acids is 1. The van der Waals surface area contributed by atoms with Crippen LogP contribution in [0.2, 0.25) is 0 Å². The normalized spacial score (nSPS) is 9.73. The second-order valence-corrected chi connectivity index (χ2v) is 3.79. The van der Waals surface area contributed by atoms with Crippen LogP contribution >= 0.6 is 11.8 Å². The Labute approximate surface area is 92.6 Å². The Morgan fingerprint density at radius 3 is 2.80 bits per heavy atom. The Hall–Kier alpha value is -1.41. The number of aryl methyl sites for hydroxylation is 1. The van der Waals surface area contributed by atoms with E-state index < -0.39 is 0 Å². The van der Waals surface area contributed by atoms with Gasteiger partial charge < -0.3 is 9.72 Å². The summed E-state index contributed by atoms with van der Waals surface area (Å²) < 4.78 is 4.93. The largest absolute Gasteiger partial charge is 0.462 e. The number of rotatable bonds is 3. The van der Waals surface area contributed by atoms with Gasteiger partial charge in [0.05, 0.1) is 17.2 Å². The van der Waals surface area contributed by atoms with Crippen LogP contribution in [0.4, 0.5) is 0 Å². The summed E-state index contributed by atoms with van der Waals surface area (Å²) in [5.41, 5.74) is 2.05. The van der Waals surface area contributed by atoms with E-state index in [9.17, 15) is 4.79 Å². The Morgan fingerprint density at radius 1 is 1.60 bits per heavy atom. The van der Waals surface area contributed by atoms with E-state index in [1.807, 2.05) is 5.40 Å². The summed E-state index contributed by atoms with van der Waals surface area (Å²) in [5.74, 6) is -0.339. The molecule has 0 spiro atoms. The van der Waals surface area contributed by atoms with Gasteiger partial charge in [0, 0.05) is 17.5 Å². The van der Waals surface area contributed by atoms with Crippen molar-refractivity contribution in [2.75, 3.05) is 6.61 Å². The number of hydrogen-bond acceptors (Lipinski definition) is 4.